The van der Waals surface area contributed by atoms with E-state index in [1.807, 2.05) is 67.6 Å². The molecule has 0 fully saturated rings. The first-order valence-corrected chi connectivity index (χ1v) is 13.8. The maximum atomic E-state index is 13.5. The van der Waals surface area contributed by atoms with Crippen LogP contribution in [0.4, 0.5) is 5.69 Å². The Bertz CT molecular complexity index is 1680. The zero-order valence-corrected chi connectivity index (χ0v) is 21.7. The van der Waals surface area contributed by atoms with Crippen LogP contribution in [0, 0.1) is 0 Å². The molecule has 0 aliphatic rings. The largest absolute Gasteiger partial charge is 0.271 e. The number of nitrogens with one attached hydrogen (secondary N) is 1. The molecule has 0 radical (unpaired) electrons. The Labute approximate surface area is 222 Å². The number of sulfonamides is 1. The Morgan fingerprint density at radius 1 is 0.816 bits per heavy atom. The molecule has 0 aromatic heterocycles. The van der Waals surface area contributed by atoms with E-state index in [9.17, 15) is 13.2 Å². The minimum Gasteiger partial charge on any atom is -0.271 e. The summed E-state index contributed by atoms with van der Waals surface area (Å²) < 4.78 is 28.1. The van der Waals surface area contributed by atoms with Gasteiger partial charge in [0.1, 0.15) is 6.54 Å². The van der Waals surface area contributed by atoms with Gasteiger partial charge in [-0.25, -0.2) is 13.8 Å². The Hall–Kier alpha value is -4.49. The number of hydrogen-bond acceptors (Lipinski definition) is 4. The summed E-state index contributed by atoms with van der Waals surface area (Å²) in [6.07, 6.45) is 2.44. The number of hydrazone groups is 1. The van der Waals surface area contributed by atoms with E-state index in [1.165, 1.54) is 12.1 Å². The van der Waals surface area contributed by atoms with Gasteiger partial charge in [-0.05, 0) is 63.9 Å². The molecule has 0 heterocycles. The lowest BCUT2D eigenvalue weighted by Crippen LogP contribution is -2.39. The molecule has 0 saturated carbocycles. The normalized spacial score (nSPS) is 11.7. The van der Waals surface area contributed by atoms with Gasteiger partial charge in [-0.15, -0.1) is 0 Å². The number of benzene rings is 5. The number of carbonyl (C=O) groups is 1. The standard InChI is InChI=1S/C31H27N3O3S/c1-2-23-16-18-26(19-17-23)34(38(36,37)27-12-4-3-5-13-27)22-31(35)33-32-21-30-28-14-8-6-10-24(28)20-25-11-7-9-15-29(25)30/h3-21H,2,22H2,1H3,(H,33,35)/b32-21-. The molecular formula is C31H27N3O3S. The topological polar surface area (TPSA) is 78.8 Å². The van der Waals surface area contributed by atoms with Gasteiger partial charge in [0.25, 0.3) is 15.9 Å². The number of hydrogen-bond donors (Lipinski definition) is 1. The zero-order valence-electron chi connectivity index (χ0n) is 20.9. The number of fused-ring (bicyclic) bond motifs is 2. The van der Waals surface area contributed by atoms with E-state index in [0.717, 1.165) is 43.4 Å². The lowest BCUT2D eigenvalue weighted by atomic mass is 9.97. The Kier molecular flexibility index (Phi) is 7.20. The molecule has 38 heavy (non-hydrogen) atoms. The summed E-state index contributed by atoms with van der Waals surface area (Å²) in [5, 5.41) is 8.37. The summed E-state index contributed by atoms with van der Waals surface area (Å²) >= 11 is 0. The maximum absolute atomic E-state index is 13.5. The Morgan fingerprint density at radius 2 is 1.39 bits per heavy atom. The van der Waals surface area contributed by atoms with Crippen LogP contribution >= 0.6 is 0 Å². The molecule has 5 aromatic rings. The van der Waals surface area contributed by atoms with E-state index in [0.29, 0.717) is 5.69 Å². The van der Waals surface area contributed by atoms with Crippen LogP contribution < -0.4 is 9.73 Å². The molecule has 0 spiro atoms. The van der Waals surface area contributed by atoms with Crippen molar-refractivity contribution < 1.29 is 13.2 Å². The predicted octanol–water partition coefficient (Wildman–Crippen LogP) is 5.90. The third-order valence-electron chi connectivity index (χ3n) is 6.45. The fraction of sp³-hybridized carbons (Fsp3) is 0.0968. The predicted molar refractivity (Wildman–Crippen MR) is 154 cm³/mol. The van der Waals surface area contributed by atoms with E-state index in [2.05, 4.69) is 16.6 Å². The van der Waals surface area contributed by atoms with Crippen molar-refractivity contribution in [1.29, 1.82) is 0 Å². The lowest BCUT2D eigenvalue weighted by Gasteiger charge is -2.24. The van der Waals surface area contributed by atoms with Gasteiger partial charge in [0, 0.05) is 5.56 Å². The van der Waals surface area contributed by atoms with Gasteiger partial charge in [0.05, 0.1) is 16.8 Å². The fourth-order valence-electron chi connectivity index (χ4n) is 4.46. The average Bonchev–Trinajstić information content (AvgIpc) is 2.96. The smallest absolute Gasteiger partial charge is 0.264 e. The highest BCUT2D eigenvalue weighted by atomic mass is 32.2. The minimum absolute atomic E-state index is 0.109. The summed E-state index contributed by atoms with van der Waals surface area (Å²) in [5.74, 6) is -0.551. The summed E-state index contributed by atoms with van der Waals surface area (Å²) in [7, 11) is -3.98. The van der Waals surface area contributed by atoms with E-state index in [1.54, 1.807) is 36.5 Å². The third-order valence-corrected chi connectivity index (χ3v) is 8.23. The average molecular weight is 522 g/mol. The molecule has 1 N–H and O–H groups in total. The molecular weight excluding hydrogens is 494 g/mol. The Balaban J connectivity index is 1.44. The van der Waals surface area contributed by atoms with Crippen LogP contribution in [-0.4, -0.2) is 27.1 Å². The highest BCUT2D eigenvalue weighted by molar-refractivity contribution is 7.92. The first-order valence-electron chi connectivity index (χ1n) is 12.4. The van der Waals surface area contributed by atoms with Gasteiger partial charge in [0.15, 0.2) is 0 Å². The van der Waals surface area contributed by atoms with Gasteiger partial charge >= 0.3 is 0 Å². The van der Waals surface area contributed by atoms with Crippen LogP contribution in [0.1, 0.15) is 18.1 Å². The van der Waals surface area contributed by atoms with Crippen LogP contribution in [-0.2, 0) is 21.2 Å². The van der Waals surface area contributed by atoms with E-state index in [4.69, 9.17) is 0 Å². The molecule has 0 bridgehead atoms. The second-order valence-corrected chi connectivity index (χ2v) is 10.7. The molecule has 1 amide bonds. The van der Waals surface area contributed by atoms with Crippen LogP contribution in [0.2, 0.25) is 0 Å². The Morgan fingerprint density at radius 3 is 2.00 bits per heavy atom. The van der Waals surface area contributed by atoms with Gasteiger partial charge < -0.3 is 0 Å². The lowest BCUT2D eigenvalue weighted by molar-refractivity contribution is -0.119. The number of rotatable bonds is 8. The van der Waals surface area contributed by atoms with Gasteiger partial charge in [-0.3, -0.25) is 9.10 Å². The van der Waals surface area contributed by atoms with E-state index >= 15 is 0 Å². The van der Waals surface area contributed by atoms with Crippen molar-refractivity contribution in [2.45, 2.75) is 18.2 Å². The molecule has 6 nitrogen and oxygen atoms in total. The van der Waals surface area contributed by atoms with Crippen LogP contribution in [0.25, 0.3) is 21.5 Å². The molecule has 0 saturated heterocycles. The monoisotopic (exact) mass is 521 g/mol. The molecule has 190 valence electrons. The molecule has 0 aliphatic heterocycles. The number of carbonyl (C=O) groups excluding carboxylic acids is 1. The number of aryl methyl sites for hydroxylation is 1. The molecule has 7 heteroatoms. The zero-order chi connectivity index (χ0) is 26.5. The second-order valence-electron chi connectivity index (χ2n) is 8.87. The van der Waals surface area contributed by atoms with Crippen LogP contribution in [0.3, 0.4) is 0 Å². The quantitative estimate of drug-likeness (QED) is 0.157. The highest BCUT2D eigenvalue weighted by Gasteiger charge is 2.27. The summed E-state index contributed by atoms with van der Waals surface area (Å²) in [6.45, 7) is 1.61. The number of anilines is 1. The third kappa shape index (κ3) is 5.14. The van der Waals surface area contributed by atoms with Crippen molar-refractivity contribution in [1.82, 2.24) is 5.43 Å². The van der Waals surface area contributed by atoms with Gasteiger partial charge in [0.2, 0.25) is 0 Å². The first kappa shape index (κ1) is 25.2. The molecule has 0 aliphatic carbocycles. The van der Waals surface area contributed by atoms with Crippen LogP contribution in [0.5, 0.6) is 0 Å². The van der Waals surface area contributed by atoms with Crippen LogP contribution in [0.15, 0.2) is 119 Å². The van der Waals surface area contributed by atoms with E-state index in [-0.39, 0.29) is 4.90 Å². The number of amides is 1. The molecule has 5 aromatic carbocycles. The molecule has 0 unspecified atom stereocenters. The molecule has 5 rings (SSSR count). The highest BCUT2D eigenvalue weighted by Crippen LogP contribution is 2.27. The minimum atomic E-state index is -3.98. The summed E-state index contributed by atoms with van der Waals surface area (Å²) in [6, 6.07) is 33.4. The summed E-state index contributed by atoms with van der Waals surface area (Å²) in [5.41, 5.74) is 4.89. The van der Waals surface area contributed by atoms with Crippen molar-refractivity contribution in [3.8, 4) is 0 Å². The first-order chi connectivity index (χ1) is 18.5. The summed E-state index contributed by atoms with van der Waals surface area (Å²) in [4.78, 5) is 13.1. The van der Waals surface area contributed by atoms with E-state index < -0.39 is 22.5 Å². The maximum Gasteiger partial charge on any atom is 0.264 e. The van der Waals surface area contributed by atoms with Crippen molar-refractivity contribution in [2.24, 2.45) is 5.10 Å². The van der Waals surface area contributed by atoms with Gasteiger partial charge in [-0.2, -0.15) is 5.10 Å². The van der Waals surface area contributed by atoms with Crippen molar-refractivity contribution >= 4 is 49.4 Å². The SMILES string of the molecule is CCc1ccc(N(CC(=O)N/N=C\c2c3ccccc3cc3ccccc23)S(=O)(=O)c2ccccc2)cc1. The molecule has 0 atom stereocenters. The van der Waals surface area contributed by atoms with Crippen molar-refractivity contribution in [2.75, 3.05) is 10.8 Å². The van der Waals surface area contributed by atoms with Crippen molar-refractivity contribution in [3.63, 3.8) is 0 Å². The van der Waals surface area contributed by atoms with Crippen molar-refractivity contribution in [3.05, 3.63) is 120 Å². The number of nitrogens with zero attached hydrogens (tertiary/aromatic N) is 2. The fourth-order valence-corrected chi connectivity index (χ4v) is 5.90. The van der Waals surface area contributed by atoms with Gasteiger partial charge in [-0.1, -0.05) is 85.8 Å². The second kappa shape index (κ2) is 10.9.